The average molecular weight is 201 g/mol. The normalized spacial score (nSPS) is 12.5. The minimum atomic E-state index is 1.09. The molecule has 4 heteroatoms. The van der Waals surface area contributed by atoms with E-state index in [9.17, 15) is 0 Å². The van der Waals surface area contributed by atoms with Gasteiger partial charge in [-0.3, -0.25) is 4.99 Å². The van der Waals surface area contributed by atoms with Crippen LogP contribution in [0.5, 0.6) is 0 Å². The molecule has 1 aliphatic heterocycles. The molecule has 0 fully saturated rings. The highest BCUT2D eigenvalue weighted by Gasteiger charge is 2.01. The van der Waals surface area contributed by atoms with Crippen molar-refractivity contribution >= 4 is 11.9 Å². The van der Waals surface area contributed by atoms with Gasteiger partial charge < -0.3 is 4.52 Å². The molecule has 2 heterocycles. The molecule has 15 heavy (non-hydrogen) atoms. The van der Waals surface area contributed by atoms with Crippen molar-refractivity contribution in [2.75, 3.05) is 0 Å². The number of aromatic nitrogens is 2. The van der Waals surface area contributed by atoms with Crippen LogP contribution in [0.15, 0.2) is 46.2 Å². The maximum absolute atomic E-state index is 4.27. The molecule has 0 saturated heterocycles. The second kappa shape index (κ2) is 5.05. The van der Waals surface area contributed by atoms with Crippen molar-refractivity contribution in [1.82, 2.24) is 10.4 Å². The van der Waals surface area contributed by atoms with Crippen LogP contribution in [-0.2, 0) is 6.42 Å². The van der Waals surface area contributed by atoms with Crippen molar-refractivity contribution in [3.63, 3.8) is 0 Å². The number of hydrogen-bond donors (Lipinski definition) is 0. The molecule has 1 aromatic carbocycles. The number of fused-ring (bicyclic) bond motifs is 1. The Hall–Kier alpha value is -1.97. The van der Waals surface area contributed by atoms with Gasteiger partial charge in [0, 0.05) is 11.5 Å². The van der Waals surface area contributed by atoms with Crippen molar-refractivity contribution in [1.29, 1.82) is 0 Å². The Balaban J connectivity index is 0.000000144. The standard InChI is InChI=1S/C9H9N.C2H2N2O/c1-2-6-9-8(4-1)5-3-7-10-9;1-2-5-4-3-1/h1-2,4,6-7H,3,5H2;1-2H. The molecule has 0 aliphatic carbocycles. The summed E-state index contributed by atoms with van der Waals surface area (Å²) in [5, 5.41) is 6.40. The van der Waals surface area contributed by atoms with Gasteiger partial charge in [-0.05, 0) is 24.5 Å². The number of hydrogen-bond acceptors (Lipinski definition) is 4. The Morgan fingerprint density at radius 3 is 2.80 bits per heavy atom. The molecule has 0 saturated carbocycles. The topological polar surface area (TPSA) is 51.3 Å². The van der Waals surface area contributed by atoms with Gasteiger partial charge in [0.15, 0.2) is 0 Å². The third-order valence-corrected chi connectivity index (χ3v) is 2.05. The van der Waals surface area contributed by atoms with E-state index in [4.69, 9.17) is 0 Å². The molecule has 4 nitrogen and oxygen atoms in total. The van der Waals surface area contributed by atoms with E-state index >= 15 is 0 Å². The van der Waals surface area contributed by atoms with Gasteiger partial charge in [-0.15, -0.1) is 5.10 Å². The van der Waals surface area contributed by atoms with Gasteiger partial charge in [0.25, 0.3) is 0 Å². The van der Waals surface area contributed by atoms with Crippen LogP contribution >= 0.6 is 0 Å². The number of rotatable bonds is 0. The first-order valence-electron chi connectivity index (χ1n) is 4.78. The van der Waals surface area contributed by atoms with Crippen molar-refractivity contribution in [2.24, 2.45) is 4.99 Å². The first-order valence-corrected chi connectivity index (χ1v) is 4.78. The summed E-state index contributed by atoms with van der Waals surface area (Å²) < 4.78 is 4.22. The summed E-state index contributed by atoms with van der Waals surface area (Å²) in [5.74, 6) is 0. The van der Waals surface area contributed by atoms with Gasteiger partial charge >= 0.3 is 0 Å². The molecule has 0 unspecified atom stereocenters. The quantitative estimate of drug-likeness (QED) is 0.657. The van der Waals surface area contributed by atoms with Crippen LogP contribution in [-0.4, -0.2) is 16.6 Å². The van der Waals surface area contributed by atoms with Crippen molar-refractivity contribution in [2.45, 2.75) is 12.8 Å². The van der Waals surface area contributed by atoms with Gasteiger partial charge in [-0.1, -0.05) is 18.2 Å². The zero-order valence-corrected chi connectivity index (χ0v) is 8.21. The van der Waals surface area contributed by atoms with E-state index in [0.29, 0.717) is 0 Å². The number of para-hydroxylation sites is 1. The maximum Gasteiger partial charge on any atom is 0.144 e. The molecule has 1 aliphatic rings. The molecular weight excluding hydrogens is 190 g/mol. The van der Waals surface area contributed by atoms with E-state index in [0.717, 1.165) is 18.5 Å². The van der Waals surface area contributed by atoms with Crippen LogP contribution < -0.4 is 0 Å². The first-order chi connectivity index (χ1) is 7.47. The molecule has 2 aromatic rings. The van der Waals surface area contributed by atoms with Crippen LogP contribution in [0.3, 0.4) is 0 Å². The van der Waals surface area contributed by atoms with E-state index in [-0.39, 0.29) is 0 Å². The fourth-order valence-electron chi connectivity index (χ4n) is 1.37. The molecule has 76 valence electrons. The van der Waals surface area contributed by atoms with E-state index < -0.39 is 0 Å². The number of nitrogens with zero attached hydrogens (tertiary/aromatic N) is 3. The predicted octanol–water partition coefficient (Wildman–Crippen LogP) is 2.40. The predicted molar refractivity (Wildman–Crippen MR) is 57.2 cm³/mol. The van der Waals surface area contributed by atoms with Crippen LogP contribution in [0.25, 0.3) is 0 Å². The smallest absolute Gasteiger partial charge is 0.144 e. The lowest BCUT2D eigenvalue weighted by atomic mass is 10.1. The summed E-state index contributed by atoms with van der Waals surface area (Å²) in [6, 6.07) is 8.30. The largest absolute Gasteiger partial charge is 0.346 e. The van der Waals surface area contributed by atoms with Gasteiger partial charge in [-0.25, -0.2) is 0 Å². The minimum absolute atomic E-state index is 1.09. The van der Waals surface area contributed by atoms with Gasteiger partial charge in [-0.2, -0.15) is 0 Å². The lowest BCUT2D eigenvalue weighted by Crippen LogP contribution is -1.91. The fourth-order valence-corrected chi connectivity index (χ4v) is 1.37. The number of aryl methyl sites for hydroxylation is 1. The summed E-state index contributed by atoms with van der Waals surface area (Å²) >= 11 is 0. The lowest BCUT2D eigenvalue weighted by molar-refractivity contribution is 0.393. The monoisotopic (exact) mass is 201 g/mol. The molecule has 0 bridgehead atoms. The van der Waals surface area contributed by atoms with Crippen molar-refractivity contribution < 1.29 is 4.52 Å². The lowest BCUT2D eigenvalue weighted by Gasteiger charge is -2.07. The average Bonchev–Trinajstić information content (AvgIpc) is 2.88. The summed E-state index contributed by atoms with van der Waals surface area (Å²) in [7, 11) is 0. The fraction of sp³-hybridized carbons (Fsp3) is 0.182. The summed E-state index contributed by atoms with van der Waals surface area (Å²) in [5.41, 5.74) is 2.53. The molecule has 0 spiro atoms. The molecule has 3 rings (SSSR count). The molecule has 1 aromatic heterocycles. The molecule has 0 N–H and O–H groups in total. The Bertz CT molecular complexity index is 406. The third-order valence-electron chi connectivity index (χ3n) is 2.05. The summed E-state index contributed by atoms with van der Waals surface area (Å²) in [6.45, 7) is 0. The van der Waals surface area contributed by atoms with Gasteiger partial charge in [0.05, 0.1) is 11.9 Å². The SMILES string of the molecule is C1=Nc2ccccc2CC1.c1conn1. The Morgan fingerprint density at radius 2 is 2.13 bits per heavy atom. The molecular formula is C11H11N3O. The first kappa shape index (κ1) is 9.58. The van der Waals surface area contributed by atoms with Crippen LogP contribution in [0.2, 0.25) is 0 Å². The number of aliphatic imine (C=N–C) groups is 1. The molecule has 0 atom stereocenters. The van der Waals surface area contributed by atoms with E-state index in [1.807, 2.05) is 12.3 Å². The van der Waals surface area contributed by atoms with Crippen molar-refractivity contribution in [3.05, 3.63) is 42.3 Å². The second-order valence-electron chi connectivity index (χ2n) is 3.07. The zero-order chi connectivity index (χ0) is 10.3. The van der Waals surface area contributed by atoms with E-state index in [1.54, 1.807) is 0 Å². The van der Waals surface area contributed by atoms with E-state index in [2.05, 4.69) is 38.1 Å². The van der Waals surface area contributed by atoms with Gasteiger partial charge in [0.1, 0.15) is 6.26 Å². The highest BCUT2D eigenvalue weighted by molar-refractivity contribution is 5.68. The maximum atomic E-state index is 4.27. The second-order valence-corrected chi connectivity index (χ2v) is 3.07. The van der Waals surface area contributed by atoms with E-state index in [1.165, 1.54) is 18.0 Å². The number of benzene rings is 1. The minimum Gasteiger partial charge on any atom is -0.346 e. The van der Waals surface area contributed by atoms with Crippen LogP contribution in [0.4, 0.5) is 5.69 Å². The third kappa shape index (κ3) is 2.74. The van der Waals surface area contributed by atoms with Crippen LogP contribution in [0, 0.1) is 0 Å². The molecule has 0 radical (unpaired) electrons. The Morgan fingerprint density at radius 1 is 1.20 bits per heavy atom. The van der Waals surface area contributed by atoms with Crippen molar-refractivity contribution in [3.8, 4) is 0 Å². The highest BCUT2D eigenvalue weighted by Crippen LogP contribution is 2.22. The zero-order valence-electron chi connectivity index (χ0n) is 8.21. The highest BCUT2D eigenvalue weighted by atomic mass is 16.5. The van der Waals surface area contributed by atoms with Gasteiger partial charge in [0.2, 0.25) is 0 Å². The summed E-state index contributed by atoms with van der Waals surface area (Å²) in [6.07, 6.45) is 7.11. The Labute approximate surface area is 87.6 Å². The summed E-state index contributed by atoms with van der Waals surface area (Å²) in [4.78, 5) is 4.27. The molecule has 0 amide bonds. The Kier molecular flexibility index (Phi) is 3.22. The van der Waals surface area contributed by atoms with Crippen LogP contribution in [0.1, 0.15) is 12.0 Å².